The van der Waals surface area contributed by atoms with Crippen molar-refractivity contribution in [3.63, 3.8) is 0 Å². The fourth-order valence-electron chi connectivity index (χ4n) is 3.92. The lowest BCUT2D eigenvalue weighted by molar-refractivity contribution is -0.130. The van der Waals surface area contributed by atoms with Crippen LogP contribution in [0.4, 0.5) is 4.79 Å². The van der Waals surface area contributed by atoms with Gasteiger partial charge in [-0.1, -0.05) is 19.3 Å². The fourth-order valence-corrected chi connectivity index (χ4v) is 3.92. The minimum atomic E-state index is -0.199. The zero-order chi connectivity index (χ0) is 15.4. The minimum Gasteiger partial charge on any atom is -0.340 e. The Bertz CT molecular complexity index is 409. The normalized spacial score (nSPS) is 29.0. The van der Waals surface area contributed by atoms with Crippen LogP contribution in [0.5, 0.6) is 0 Å². The summed E-state index contributed by atoms with van der Waals surface area (Å²) >= 11 is 0. The maximum Gasteiger partial charge on any atom is 0.315 e. The van der Waals surface area contributed by atoms with Crippen LogP contribution in [-0.4, -0.2) is 54.6 Å². The SMILES string of the molecule is O=C(NCC(=O)N1CCC2CCC(C1)N2)NC1CCCCC1. The first-order valence-corrected chi connectivity index (χ1v) is 8.79. The van der Waals surface area contributed by atoms with Gasteiger partial charge in [-0.25, -0.2) is 4.79 Å². The molecule has 22 heavy (non-hydrogen) atoms. The first kappa shape index (κ1) is 15.6. The summed E-state index contributed by atoms with van der Waals surface area (Å²) in [5, 5.41) is 9.28. The van der Waals surface area contributed by atoms with E-state index in [2.05, 4.69) is 16.0 Å². The Morgan fingerprint density at radius 2 is 1.77 bits per heavy atom. The van der Waals surface area contributed by atoms with Crippen LogP contribution in [0.15, 0.2) is 0 Å². The summed E-state index contributed by atoms with van der Waals surface area (Å²) in [5.41, 5.74) is 0. The average Bonchev–Trinajstić information content (AvgIpc) is 2.85. The molecule has 6 nitrogen and oxygen atoms in total. The molecule has 2 saturated heterocycles. The second-order valence-corrected chi connectivity index (χ2v) is 6.93. The second kappa shape index (κ2) is 7.31. The third kappa shape index (κ3) is 4.12. The van der Waals surface area contributed by atoms with E-state index in [0.717, 1.165) is 38.8 Å². The van der Waals surface area contributed by atoms with Crippen molar-refractivity contribution in [1.29, 1.82) is 0 Å². The van der Waals surface area contributed by atoms with E-state index in [1.807, 2.05) is 4.90 Å². The van der Waals surface area contributed by atoms with Gasteiger partial charge in [-0.15, -0.1) is 0 Å². The second-order valence-electron chi connectivity index (χ2n) is 6.93. The number of amides is 3. The Kier molecular flexibility index (Phi) is 5.18. The van der Waals surface area contributed by atoms with Crippen molar-refractivity contribution in [3.8, 4) is 0 Å². The van der Waals surface area contributed by atoms with Gasteiger partial charge >= 0.3 is 6.03 Å². The molecule has 2 atom stereocenters. The van der Waals surface area contributed by atoms with Crippen molar-refractivity contribution in [1.82, 2.24) is 20.9 Å². The molecular weight excluding hydrogens is 280 g/mol. The summed E-state index contributed by atoms with van der Waals surface area (Å²) in [5.74, 6) is 0.0353. The standard InChI is InChI=1S/C16H28N4O2/c21-15(20-9-8-13-6-7-14(11-20)18-13)10-17-16(22)19-12-4-2-1-3-5-12/h12-14,18H,1-11H2,(H2,17,19,22). The van der Waals surface area contributed by atoms with E-state index in [0.29, 0.717) is 12.1 Å². The monoisotopic (exact) mass is 308 g/mol. The molecule has 2 aliphatic heterocycles. The lowest BCUT2D eigenvalue weighted by atomic mass is 9.96. The van der Waals surface area contributed by atoms with Crippen LogP contribution >= 0.6 is 0 Å². The van der Waals surface area contributed by atoms with Gasteiger partial charge in [-0.3, -0.25) is 4.79 Å². The predicted molar refractivity (Wildman–Crippen MR) is 84.6 cm³/mol. The molecule has 1 aliphatic carbocycles. The molecule has 124 valence electrons. The van der Waals surface area contributed by atoms with Gasteiger partial charge in [-0.05, 0) is 32.1 Å². The molecule has 2 unspecified atom stereocenters. The quantitative estimate of drug-likeness (QED) is 0.727. The highest BCUT2D eigenvalue weighted by atomic mass is 16.2. The van der Waals surface area contributed by atoms with Crippen molar-refractivity contribution < 1.29 is 9.59 Å². The lowest BCUT2D eigenvalue weighted by Gasteiger charge is -2.25. The number of nitrogens with one attached hydrogen (secondary N) is 3. The average molecular weight is 308 g/mol. The Labute approximate surface area is 132 Å². The third-order valence-corrected chi connectivity index (χ3v) is 5.22. The predicted octanol–water partition coefficient (Wildman–Crippen LogP) is 0.971. The molecule has 0 spiro atoms. The van der Waals surface area contributed by atoms with Gasteiger partial charge in [0.2, 0.25) is 5.91 Å². The Morgan fingerprint density at radius 3 is 2.59 bits per heavy atom. The van der Waals surface area contributed by atoms with E-state index in [1.54, 1.807) is 0 Å². The first-order chi connectivity index (χ1) is 10.7. The Morgan fingerprint density at radius 1 is 1.00 bits per heavy atom. The molecular formula is C16H28N4O2. The number of carbonyl (C=O) groups excluding carboxylic acids is 2. The highest BCUT2D eigenvalue weighted by molar-refractivity contribution is 5.84. The van der Waals surface area contributed by atoms with E-state index in [1.165, 1.54) is 25.7 Å². The largest absolute Gasteiger partial charge is 0.340 e. The van der Waals surface area contributed by atoms with Crippen molar-refractivity contribution in [2.45, 2.75) is 69.5 Å². The van der Waals surface area contributed by atoms with Crippen LogP contribution in [-0.2, 0) is 4.79 Å². The van der Waals surface area contributed by atoms with Crippen LogP contribution in [0.1, 0.15) is 51.4 Å². The number of rotatable bonds is 3. The van der Waals surface area contributed by atoms with Crippen molar-refractivity contribution in [2.75, 3.05) is 19.6 Å². The molecule has 3 fully saturated rings. The number of likely N-dealkylation sites (tertiary alicyclic amines) is 1. The van der Waals surface area contributed by atoms with Crippen LogP contribution in [0, 0.1) is 0 Å². The Balaban J connectivity index is 1.38. The van der Waals surface area contributed by atoms with Gasteiger partial charge in [0.1, 0.15) is 0 Å². The van der Waals surface area contributed by atoms with Gasteiger partial charge in [0.05, 0.1) is 6.54 Å². The topological polar surface area (TPSA) is 73.5 Å². The summed E-state index contributed by atoms with van der Waals surface area (Å²) in [6.45, 7) is 1.69. The van der Waals surface area contributed by atoms with Gasteiger partial charge in [0, 0.05) is 31.2 Å². The summed E-state index contributed by atoms with van der Waals surface area (Å²) in [4.78, 5) is 26.1. The van der Waals surface area contributed by atoms with Crippen molar-refractivity contribution in [2.24, 2.45) is 0 Å². The summed E-state index contributed by atoms with van der Waals surface area (Å²) in [6, 6.07) is 1.09. The van der Waals surface area contributed by atoms with E-state index in [9.17, 15) is 9.59 Å². The zero-order valence-electron chi connectivity index (χ0n) is 13.3. The van der Waals surface area contributed by atoms with Gasteiger partial charge < -0.3 is 20.9 Å². The first-order valence-electron chi connectivity index (χ1n) is 8.79. The number of hydrogen-bond donors (Lipinski definition) is 3. The minimum absolute atomic E-state index is 0.0353. The van der Waals surface area contributed by atoms with E-state index >= 15 is 0 Å². The maximum absolute atomic E-state index is 12.3. The van der Waals surface area contributed by atoms with E-state index < -0.39 is 0 Å². The van der Waals surface area contributed by atoms with Crippen molar-refractivity contribution >= 4 is 11.9 Å². The lowest BCUT2D eigenvalue weighted by Crippen LogP contribution is -2.48. The molecule has 0 aromatic carbocycles. The Hall–Kier alpha value is -1.30. The number of hydrogen-bond acceptors (Lipinski definition) is 3. The summed E-state index contributed by atoms with van der Waals surface area (Å²) in [7, 11) is 0. The third-order valence-electron chi connectivity index (χ3n) is 5.22. The van der Waals surface area contributed by atoms with Crippen LogP contribution in [0.2, 0.25) is 0 Å². The van der Waals surface area contributed by atoms with Crippen molar-refractivity contribution in [3.05, 3.63) is 0 Å². The van der Waals surface area contributed by atoms with Crippen LogP contribution in [0.3, 0.4) is 0 Å². The van der Waals surface area contributed by atoms with E-state index in [4.69, 9.17) is 0 Å². The molecule has 3 amide bonds. The number of nitrogens with zero attached hydrogens (tertiary/aromatic N) is 1. The maximum atomic E-state index is 12.3. The number of fused-ring (bicyclic) bond motifs is 2. The molecule has 1 saturated carbocycles. The fraction of sp³-hybridized carbons (Fsp3) is 0.875. The van der Waals surface area contributed by atoms with Crippen LogP contribution < -0.4 is 16.0 Å². The molecule has 0 radical (unpaired) electrons. The highest BCUT2D eigenvalue weighted by Gasteiger charge is 2.31. The van der Waals surface area contributed by atoms with Crippen LogP contribution in [0.25, 0.3) is 0 Å². The number of urea groups is 1. The number of carbonyl (C=O) groups is 2. The molecule has 3 N–H and O–H groups in total. The zero-order valence-corrected chi connectivity index (χ0v) is 13.3. The molecule has 3 aliphatic rings. The molecule has 0 aromatic rings. The van der Waals surface area contributed by atoms with E-state index in [-0.39, 0.29) is 24.5 Å². The van der Waals surface area contributed by atoms with Gasteiger partial charge in [-0.2, -0.15) is 0 Å². The summed E-state index contributed by atoms with van der Waals surface area (Å²) in [6.07, 6.45) is 9.17. The molecule has 0 aromatic heterocycles. The summed E-state index contributed by atoms with van der Waals surface area (Å²) < 4.78 is 0. The van der Waals surface area contributed by atoms with Gasteiger partial charge in [0.25, 0.3) is 0 Å². The molecule has 2 bridgehead atoms. The highest BCUT2D eigenvalue weighted by Crippen LogP contribution is 2.20. The molecule has 6 heteroatoms. The molecule has 2 heterocycles. The smallest absolute Gasteiger partial charge is 0.315 e. The van der Waals surface area contributed by atoms with Gasteiger partial charge in [0.15, 0.2) is 0 Å². The molecule has 3 rings (SSSR count).